The monoisotopic (exact) mass is 2110 g/mol. The largest absolute Gasteiger partial charge is 0.492 e. The van der Waals surface area contributed by atoms with Crippen molar-refractivity contribution < 1.29 is 115 Å². The van der Waals surface area contributed by atoms with Gasteiger partial charge < -0.3 is 125 Å². The standard InChI is InChI=1S/C103H144N20O24S2/c1-57-25-23-29-68-66(55-110-81(57)68)51-73-88(133)112-69(30-21-22-42-108-59(3)124)86(131)121-84(102(16,17)149-148-101(14,15)83(111-60(4)125)93(138)117-75(53-78(105)127)90(135)120-82(92(137)115-73)58(2)145-98(5,6)7)94(139)116-71(48-61-32-35-67(36-33-61)144-46-43-109-97(142)147-100(11,12)13)87(132)113-72(49-62-31-34-64-27-19-20-28-65(64)47-62)91(136)122-103(39-44-143-45-40-103)96(141)119-70(37-38-80(129)146-99(8,9)10)85(130)114-74(52-77(104)126)89(134)118-76(50-63-26-24-41-107-54-63)95(140)123(18)56-79(106)128/h19-20,23-29,31-36,41,47,54-55,58,69-76,82-84,110H,21-22,30,37-40,42-46,48-53,56H2,1-18H3,(H2,104,126)(H2,105,127)(H2,106,128)(H,108,124)(H,109,142)(H,111,125)(H,112,133)(H,113,132)(H,114,130)(H,115,137)(H,116,139)(H,117,138)(H,118,134)(H,119,141)(H,120,135)(H,121,131)(H,122,136)/t58-,69+,70+,71+,72+,73+,74+,75+,76+,82+,83-,84-/m1/s1. The minimum Gasteiger partial charge on any atom is -0.492 e. The number of nitrogens with two attached hydrogens (primary N) is 3. The van der Waals surface area contributed by atoms with Crippen LogP contribution in [0.1, 0.15) is 196 Å². The highest BCUT2D eigenvalue weighted by atomic mass is 33.1. The van der Waals surface area contributed by atoms with Crippen LogP contribution in [-0.2, 0) is 131 Å². The number of nitrogens with one attached hydrogen (secondary N) is 15. The van der Waals surface area contributed by atoms with Crippen LogP contribution in [0.3, 0.4) is 0 Å². The van der Waals surface area contributed by atoms with Gasteiger partial charge in [0.05, 0.1) is 37.6 Å². The molecular weight excluding hydrogens is 1970 g/mol. The zero-order chi connectivity index (χ0) is 110. The van der Waals surface area contributed by atoms with E-state index in [-0.39, 0.29) is 95.9 Å². The second-order valence-electron chi connectivity index (χ2n) is 41.2. The molecule has 44 nitrogen and oxygen atoms in total. The van der Waals surface area contributed by atoms with Gasteiger partial charge in [0.15, 0.2) is 0 Å². The molecule has 8 rings (SSSR count). The number of H-pyrrole nitrogens is 1. The van der Waals surface area contributed by atoms with Crippen LogP contribution in [0, 0.1) is 6.92 Å². The van der Waals surface area contributed by atoms with Crippen LogP contribution in [-0.4, -0.2) is 278 Å². The fraction of sp³-hybridized carbons (Fsp3) is 0.534. The number of unbranched alkanes of at least 4 members (excludes halogenated alkanes) is 1. The summed E-state index contributed by atoms with van der Waals surface area (Å²) in [5.74, 6) is -17.6. The molecule has 0 radical (unpaired) electrons. The van der Waals surface area contributed by atoms with Gasteiger partial charge in [0, 0.05) is 125 Å². The Bertz CT molecular complexity index is 5800. The number of rotatable bonds is 42. The number of carbonyl (C=O) groups is 19. The Morgan fingerprint density at radius 2 is 1.17 bits per heavy atom. The van der Waals surface area contributed by atoms with Crippen molar-refractivity contribution in [3.05, 3.63) is 143 Å². The van der Waals surface area contributed by atoms with Crippen molar-refractivity contribution in [2.45, 2.75) is 306 Å². The lowest BCUT2D eigenvalue weighted by Crippen LogP contribution is -2.67. The zero-order valence-corrected chi connectivity index (χ0v) is 89.2. The van der Waals surface area contributed by atoms with Crippen LogP contribution in [0.5, 0.6) is 5.75 Å². The summed E-state index contributed by atoms with van der Waals surface area (Å²) in [6.07, 6.45) is -2.41. The Morgan fingerprint density at radius 3 is 1.80 bits per heavy atom. The molecule has 0 aliphatic carbocycles. The quantitative estimate of drug-likeness (QED) is 0.0149. The maximum Gasteiger partial charge on any atom is 0.407 e. The molecule has 4 heterocycles. The van der Waals surface area contributed by atoms with Gasteiger partial charge in [0.1, 0.15) is 95.6 Å². The number of aromatic nitrogens is 2. The molecular formula is C103H144N20O24S2. The molecule has 2 saturated heterocycles. The molecule has 6 aromatic rings. The maximum absolute atomic E-state index is 16.7. The van der Waals surface area contributed by atoms with Gasteiger partial charge in [-0.2, -0.15) is 0 Å². The van der Waals surface area contributed by atoms with E-state index in [1.165, 1.54) is 73.1 Å². The summed E-state index contributed by atoms with van der Waals surface area (Å²) in [6.45, 7) is 25.7. The molecule has 0 saturated carbocycles. The summed E-state index contributed by atoms with van der Waals surface area (Å²) in [5, 5.41) is 40.1. The van der Waals surface area contributed by atoms with Crippen LogP contribution in [0.25, 0.3) is 21.7 Å². The number of ether oxygens (including phenoxy) is 5. The molecule has 2 aliphatic heterocycles. The molecule has 0 spiro atoms. The van der Waals surface area contributed by atoms with Crippen molar-refractivity contribution in [2.75, 3.05) is 46.5 Å². The SMILES string of the molecule is CC(=O)NCCCC[C@@H]1NC(=O)[C@H](Cc2c[nH]c3c(C)cccc23)NC(=O)[C@H]([C@@H](C)OC(C)(C)C)NC(=O)[C@H](CC(N)=O)NC(=O)[C@@H](NC(C)=O)C(C)(C)SSC(C)(C)[C@@H](C(=O)N[C@@H](Cc2ccc(OCCNC(=O)OC(C)(C)C)cc2)C(=O)N[C@@H](Cc2ccc3ccccc3c2)C(=O)NC2(C(=O)N[C@@H](CCC(=O)OC(C)(C)C)C(=O)N[C@@H](CC(N)=O)C(=O)N[C@@H](Cc3cccnc3)C(=O)N(C)CC(N)=O)CCOCC2)NC1=O. The molecule has 12 atom stereocenters. The molecule has 2 aromatic heterocycles. The summed E-state index contributed by atoms with van der Waals surface area (Å²) in [4.78, 5) is 285. The van der Waals surface area contributed by atoms with Gasteiger partial charge in [0.2, 0.25) is 100 Å². The Balaban J connectivity index is 1.27. The first-order valence-corrected chi connectivity index (χ1v) is 51.3. The number of primary amides is 3. The summed E-state index contributed by atoms with van der Waals surface area (Å²) in [5.41, 5.74) is 15.1. The van der Waals surface area contributed by atoms with E-state index < -0.39 is 250 Å². The van der Waals surface area contributed by atoms with E-state index in [4.69, 9.17) is 40.9 Å². The maximum atomic E-state index is 16.7. The highest BCUT2D eigenvalue weighted by molar-refractivity contribution is 8.77. The first-order valence-electron chi connectivity index (χ1n) is 49.2. The van der Waals surface area contributed by atoms with E-state index >= 15 is 47.9 Å². The van der Waals surface area contributed by atoms with Crippen molar-refractivity contribution in [1.82, 2.24) is 89.3 Å². The average Bonchev–Trinajstić information content (AvgIpc) is 1.71. The van der Waals surface area contributed by atoms with Crippen LogP contribution in [0.2, 0.25) is 0 Å². The zero-order valence-electron chi connectivity index (χ0n) is 87.6. The van der Waals surface area contributed by atoms with Crippen molar-refractivity contribution in [2.24, 2.45) is 17.2 Å². The van der Waals surface area contributed by atoms with Crippen LogP contribution < -0.4 is 96.4 Å². The Morgan fingerprint density at radius 1 is 0.570 bits per heavy atom. The van der Waals surface area contributed by atoms with E-state index in [2.05, 4.69) is 84.4 Å². The smallest absolute Gasteiger partial charge is 0.407 e. The minimum atomic E-state index is -2.11. The molecule has 2 fully saturated rings. The normalized spacial score (nSPS) is 19.0. The van der Waals surface area contributed by atoms with E-state index in [0.29, 0.717) is 38.5 Å². The van der Waals surface area contributed by atoms with Crippen molar-refractivity contribution in [1.29, 1.82) is 0 Å². The summed E-state index contributed by atoms with van der Waals surface area (Å²) < 4.78 is 25.8. The number of hydrogen-bond donors (Lipinski definition) is 18. The number of esters is 1. The Hall–Kier alpha value is -14.0. The Labute approximate surface area is 873 Å². The molecule has 4 aromatic carbocycles. The second-order valence-corrected chi connectivity index (χ2v) is 44.6. The van der Waals surface area contributed by atoms with Gasteiger partial charge in [-0.15, -0.1) is 0 Å². The molecule has 0 unspecified atom stereocenters. The number of benzene rings is 4. The van der Waals surface area contributed by atoms with Gasteiger partial charge in [-0.25, -0.2) is 4.79 Å². The number of likely N-dealkylation sites (N-methyl/N-ethyl adjacent to an activating group) is 1. The summed E-state index contributed by atoms with van der Waals surface area (Å²) in [7, 11) is 3.05. The first-order chi connectivity index (χ1) is 69.8. The number of alkyl carbamates (subject to hydrolysis) is 1. The van der Waals surface area contributed by atoms with Crippen molar-refractivity contribution in [3.63, 3.8) is 0 Å². The van der Waals surface area contributed by atoms with E-state index in [1.54, 1.807) is 141 Å². The molecule has 46 heteroatoms. The molecule has 0 bridgehead atoms. The number of nitrogens with zero attached hydrogens (tertiary/aromatic N) is 2. The number of aromatic amines is 1. The predicted molar refractivity (Wildman–Crippen MR) is 556 cm³/mol. The molecule has 2 aliphatic rings. The van der Waals surface area contributed by atoms with Crippen molar-refractivity contribution >= 4 is 156 Å². The number of pyridine rings is 1. The van der Waals surface area contributed by atoms with Gasteiger partial charge in [-0.05, 0) is 186 Å². The van der Waals surface area contributed by atoms with Crippen molar-refractivity contribution in [3.8, 4) is 5.75 Å². The fourth-order valence-corrected chi connectivity index (χ4v) is 19.4. The van der Waals surface area contributed by atoms with E-state index in [9.17, 15) is 43.2 Å². The number of aryl methyl sites for hydroxylation is 1. The number of carbonyl (C=O) groups excluding carboxylic acids is 19. The second kappa shape index (κ2) is 54.3. The average molecular weight is 2110 g/mol. The lowest BCUT2D eigenvalue weighted by molar-refractivity contribution is -0.155. The highest BCUT2D eigenvalue weighted by Gasteiger charge is 2.49. The van der Waals surface area contributed by atoms with Gasteiger partial charge in [-0.1, -0.05) is 100 Å². The molecule has 18 amide bonds. The van der Waals surface area contributed by atoms with Gasteiger partial charge in [0.25, 0.3) is 0 Å². The first kappa shape index (κ1) is 120. The van der Waals surface area contributed by atoms with E-state index in [1.807, 2.05) is 19.1 Å². The van der Waals surface area contributed by atoms with E-state index in [0.717, 1.165) is 44.4 Å². The third kappa shape index (κ3) is 38.6. The summed E-state index contributed by atoms with van der Waals surface area (Å²) in [6, 6.07) is 7.81. The third-order valence-electron chi connectivity index (χ3n) is 24.0. The number of hydrogen-bond acceptors (Lipinski definition) is 27. The van der Waals surface area contributed by atoms with Crippen LogP contribution >= 0.6 is 21.6 Å². The topological polar surface area (TPSA) is 649 Å². The van der Waals surface area contributed by atoms with Crippen LogP contribution in [0.15, 0.2) is 116 Å². The number of fused-ring (bicyclic) bond motifs is 2. The van der Waals surface area contributed by atoms with Gasteiger partial charge >= 0.3 is 12.1 Å². The summed E-state index contributed by atoms with van der Waals surface area (Å²) >= 11 is 0. The van der Waals surface area contributed by atoms with Gasteiger partial charge in [-0.3, -0.25) is 91.3 Å². The lowest BCUT2D eigenvalue weighted by Gasteiger charge is -2.39. The highest BCUT2D eigenvalue weighted by Crippen LogP contribution is 2.47. The third-order valence-corrected chi connectivity index (χ3v) is 28.2. The number of amides is 18. The lowest BCUT2D eigenvalue weighted by atomic mass is 9.87. The molecule has 21 N–H and O–H groups in total. The van der Waals surface area contributed by atoms with Crippen LogP contribution in [0.4, 0.5) is 4.79 Å². The molecule has 149 heavy (non-hydrogen) atoms. The minimum absolute atomic E-state index is 0.00638. The number of para-hydroxylation sites is 1. The molecule has 812 valence electrons. The Kier molecular flexibility index (Phi) is 43.8. The fourth-order valence-electron chi connectivity index (χ4n) is 16.6. The predicted octanol–water partition coefficient (Wildman–Crippen LogP) is 2.50.